The Morgan fingerprint density at radius 1 is 1.03 bits per heavy atom. The van der Waals surface area contributed by atoms with E-state index in [2.05, 4.69) is 71.7 Å². The van der Waals surface area contributed by atoms with Gasteiger partial charge in [0.2, 0.25) is 5.91 Å². The third kappa shape index (κ3) is 5.14. The zero-order valence-corrected chi connectivity index (χ0v) is 17.8. The molecule has 0 aliphatic carbocycles. The molecule has 0 radical (unpaired) electrons. The Hall–Kier alpha value is -2.98. The van der Waals surface area contributed by atoms with Crippen molar-refractivity contribution in [1.82, 2.24) is 9.88 Å². The van der Waals surface area contributed by atoms with Crippen LogP contribution in [-0.2, 0) is 17.8 Å². The Morgan fingerprint density at radius 3 is 2.50 bits per heavy atom. The molecule has 1 aliphatic heterocycles. The molecule has 154 valence electrons. The van der Waals surface area contributed by atoms with Crippen molar-refractivity contribution in [2.75, 3.05) is 11.9 Å². The van der Waals surface area contributed by atoms with E-state index < -0.39 is 0 Å². The number of hydrogen-bond acceptors (Lipinski definition) is 3. The SMILES string of the molecule is CC(=O)Nc1ccc(CN2CCCC2c2cccc(Cc3ccc(C)cc3)n2)cc1. The summed E-state index contributed by atoms with van der Waals surface area (Å²) in [5, 5.41) is 2.83. The number of anilines is 1. The van der Waals surface area contributed by atoms with Gasteiger partial charge in [-0.25, -0.2) is 0 Å². The highest BCUT2D eigenvalue weighted by atomic mass is 16.1. The fourth-order valence-electron chi connectivity index (χ4n) is 4.18. The molecule has 4 nitrogen and oxygen atoms in total. The zero-order chi connectivity index (χ0) is 20.9. The predicted octanol–water partition coefficient (Wildman–Crippen LogP) is 5.28. The molecule has 0 bridgehead atoms. The third-order valence-electron chi connectivity index (χ3n) is 5.70. The lowest BCUT2D eigenvalue weighted by molar-refractivity contribution is -0.114. The number of hydrogen-bond donors (Lipinski definition) is 1. The Bertz CT molecular complexity index is 996. The van der Waals surface area contributed by atoms with Gasteiger partial charge in [0.25, 0.3) is 0 Å². The maximum atomic E-state index is 11.2. The Morgan fingerprint density at radius 2 is 1.77 bits per heavy atom. The van der Waals surface area contributed by atoms with E-state index in [4.69, 9.17) is 4.98 Å². The maximum absolute atomic E-state index is 11.2. The lowest BCUT2D eigenvalue weighted by Crippen LogP contribution is -2.23. The molecule has 3 aromatic rings. The van der Waals surface area contributed by atoms with Crippen molar-refractivity contribution >= 4 is 11.6 Å². The molecule has 2 aromatic carbocycles. The molecule has 2 heterocycles. The second-order valence-corrected chi connectivity index (χ2v) is 8.22. The quantitative estimate of drug-likeness (QED) is 0.614. The van der Waals surface area contributed by atoms with Gasteiger partial charge in [-0.3, -0.25) is 14.7 Å². The van der Waals surface area contributed by atoms with Crippen LogP contribution in [0.2, 0.25) is 0 Å². The average molecular weight is 400 g/mol. The number of carbonyl (C=O) groups excluding carboxylic acids is 1. The first-order chi connectivity index (χ1) is 14.6. The molecular formula is C26H29N3O. The van der Waals surface area contributed by atoms with Gasteiger partial charge in [-0.05, 0) is 61.7 Å². The summed E-state index contributed by atoms with van der Waals surface area (Å²) in [7, 11) is 0. The summed E-state index contributed by atoms with van der Waals surface area (Å²) in [4.78, 5) is 18.7. The van der Waals surface area contributed by atoms with E-state index in [1.807, 2.05) is 12.1 Å². The monoisotopic (exact) mass is 399 g/mol. The average Bonchev–Trinajstić information content (AvgIpc) is 3.19. The molecule has 1 aliphatic rings. The van der Waals surface area contributed by atoms with Gasteiger partial charge in [-0.2, -0.15) is 0 Å². The number of carbonyl (C=O) groups is 1. The van der Waals surface area contributed by atoms with Crippen molar-refractivity contribution in [3.63, 3.8) is 0 Å². The number of pyridine rings is 1. The van der Waals surface area contributed by atoms with Gasteiger partial charge >= 0.3 is 0 Å². The van der Waals surface area contributed by atoms with E-state index in [0.29, 0.717) is 6.04 Å². The van der Waals surface area contributed by atoms with Crippen LogP contribution in [0.5, 0.6) is 0 Å². The van der Waals surface area contributed by atoms with E-state index in [9.17, 15) is 4.79 Å². The molecule has 4 rings (SSSR count). The number of nitrogens with zero attached hydrogens (tertiary/aromatic N) is 2. The van der Waals surface area contributed by atoms with Crippen LogP contribution in [0.25, 0.3) is 0 Å². The molecule has 1 saturated heterocycles. The molecule has 1 unspecified atom stereocenters. The van der Waals surface area contributed by atoms with Crippen molar-refractivity contribution in [2.24, 2.45) is 0 Å². The van der Waals surface area contributed by atoms with Crippen LogP contribution in [0.4, 0.5) is 5.69 Å². The number of amides is 1. The largest absolute Gasteiger partial charge is 0.326 e. The predicted molar refractivity (Wildman–Crippen MR) is 121 cm³/mol. The molecule has 4 heteroatoms. The van der Waals surface area contributed by atoms with Gasteiger partial charge in [-0.1, -0.05) is 48.0 Å². The standard InChI is InChI=1S/C26H29N3O/c1-19-8-10-21(11-9-19)17-24-5-3-6-25(28-24)26-7-4-16-29(26)18-22-12-14-23(15-13-22)27-20(2)30/h3,5-6,8-15,26H,4,7,16-18H2,1-2H3,(H,27,30). The summed E-state index contributed by atoms with van der Waals surface area (Å²) >= 11 is 0. The molecule has 30 heavy (non-hydrogen) atoms. The fourth-order valence-corrected chi connectivity index (χ4v) is 4.18. The second kappa shape index (κ2) is 9.23. The maximum Gasteiger partial charge on any atom is 0.221 e. The number of benzene rings is 2. The minimum Gasteiger partial charge on any atom is -0.326 e. The third-order valence-corrected chi connectivity index (χ3v) is 5.70. The van der Waals surface area contributed by atoms with E-state index in [-0.39, 0.29) is 5.91 Å². The van der Waals surface area contributed by atoms with Crippen LogP contribution < -0.4 is 5.32 Å². The van der Waals surface area contributed by atoms with Crippen molar-refractivity contribution in [3.8, 4) is 0 Å². The molecule has 0 saturated carbocycles. The Balaban J connectivity index is 1.45. The van der Waals surface area contributed by atoms with Crippen molar-refractivity contribution < 1.29 is 4.79 Å². The summed E-state index contributed by atoms with van der Waals surface area (Å²) in [5.74, 6) is -0.0426. The summed E-state index contributed by atoms with van der Waals surface area (Å²) in [6.45, 7) is 5.63. The number of aryl methyl sites for hydroxylation is 1. The topological polar surface area (TPSA) is 45.2 Å². The van der Waals surface area contributed by atoms with Crippen LogP contribution in [0, 0.1) is 6.92 Å². The summed E-state index contributed by atoms with van der Waals surface area (Å²) in [6, 6.07) is 23.7. The molecule has 1 atom stereocenters. The molecule has 1 aromatic heterocycles. The van der Waals surface area contributed by atoms with Crippen molar-refractivity contribution in [1.29, 1.82) is 0 Å². The zero-order valence-electron chi connectivity index (χ0n) is 17.8. The Kier molecular flexibility index (Phi) is 6.24. The summed E-state index contributed by atoms with van der Waals surface area (Å²) in [6.07, 6.45) is 3.20. The van der Waals surface area contributed by atoms with Crippen LogP contribution in [0.1, 0.15) is 53.9 Å². The summed E-state index contributed by atoms with van der Waals surface area (Å²) in [5.41, 5.74) is 6.98. The molecule has 1 N–H and O–H groups in total. The van der Waals surface area contributed by atoms with Gasteiger partial charge < -0.3 is 5.32 Å². The first-order valence-electron chi connectivity index (χ1n) is 10.7. The molecule has 1 amide bonds. The van der Waals surface area contributed by atoms with Gasteiger partial charge in [0.1, 0.15) is 0 Å². The number of likely N-dealkylation sites (tertiary alicyclic amines) is 1. The highest BCUT2D eigenvalue weighted by molar-refractivity contribution is 5.88. The number of aromatic nitrogens is 1. The van der Waals surface area contributed by atoms with Gasteiger partial charge in [0, 0.05) is 31.3 Å². The smallest absolute Gasteiger partial charge is 0.221 e. The van der Waals surface area contributed by atoms with Gasteiger partial charge in [0.05, 0.1) is 11.7 Å². The van der Waals surface area contributed by atoms with Crippen molar-refractivity contribution in [2.45, 2.75) is 45.7 Å². The molecular weight excluding hydrogens is 370 g/mol. The Labute approximate surface area is 179 Å². The summed E-state index contributed by atoms with van der Waals surface area (Å²) < 4.78 is 0. The van der Waals surface area contributed by atoms with Gasteiger partial charge in [-0.15, -0.1) is 0 Å². The first-order valence-corrected chi connectivity index (χ1v) is 10.7. The fraction of sp³-hybridized carbons (Fsp3) is 0.308. The van der Waals surface area contributed by atoms with Crippen molar-refractivity contribution in [3.05, 3.63) is 94.8 Å². The van der Waals surface area contributed by atoms with E-state index in [1.54, 1.807) is 0 Å². The highest BCUT2D eigenvalue weighted by Crippen LogP contribution is 2.32. The lowest BCUT2D eigenvalue weighted by Gasteiger charge is -2.24. The van der Waals surface area contributed by atoms with Crippen LogP contribution >= 0.6 is 0 Å². The van der Waals surface area contributed by atoms with Crippen LogP contribution in [0.15, 0.2) is 66.7 Å². The lowest BCUT2D eigenvalue weighted by atomic mass is 10.1. The van der Waals surface area contributed by atoms with E-state index in [1.165, 1.54) is 35.7 Å². The minimum absolute atomic E-state index is 0.0426. The first kappa shape index (κ1) is 20.3. The second-order valence-electron chi connectivity index (χ2n) is 8.22. The molecule has 0 spiro atoms. The van der Waals surface area contributed by atoms with Gasteiger partial charge in [0.15, 0.2) is 0 Å². The van der Waals surface area contributed by atoms with E-state index >= 15 is 0 Å². The van der Waals surface area contributed by atoms with E-state index in [0.717, 1.165) is 37.3 Å². The highest BCUT2D eigenvalue weighted by Gasteiger charge is 2.27. The molecule has 1 fully saturated rings. The minimum atomic E-state index is -0.0426. The van der Waals surface area contributed by atoms with Crippen LogP contribution in [0.3, 0.4) is 0 Å². The van der Waals surface area contributed by atoms with Crippen LogP contribution in [-0.4, -0.2) is 22.3 Å². The number of nitrogens with one attached hydrogen (secondary N) is 1. The number of rotatable bonds is 6. The normalized spacial score (nSPS) is 16.5.